The van der Waals surface area contributed by atoms with Gasteiger partial charge < -0.3 is 14.6 Å². The largest absolute Gasteiger partial charge is 0.376 e. The van der Waals surface area contributed by atoms with Gasteiger partial charge in [-0.1, -0.05) is 19.0 Å². The monoisotopic (exact) mass is 321 g/mol. The second-order valence-electron chi connectivity index (χ2n) is 5.74. The number of fused-ring (bicyclic) bond motifs is 1. The van der Waals surface area contributed by atoms with E-state index in [9.17, 15) is 4.79 Å². The van der Waals surface area contributed by atoms with Gasteiger partial charge >= 0.3 is 0 Å². The van der Waals surface area contributed by atoms with Crippen molar-refractivity contribution in [3.05, 3.63) is 33.1 Å². The van der Waals surface area contributed by atoms with Gasteiger partial charge in [0, 0.05) is 11.3 Å². The number of nitrogens with zero attached hydrogens (tertiary/aromatic N) is 2. The Kier molecular flexibility index (Phi) is 4.26. The Bertz CT molecular complexity index is 654. The van der Waals surface area contributed by atoms with Gasteiger partial charge in [0.1, 0.15) is 6.04 Å². The first kappa shape index (κ1) is 15.2. The van der Waals surface area contributed by atoms with Crippen LogP contribution in [0.1, 0.15) is 51.7 Å². The molecule has 1 aliphatic heterocycles. The fraction of sp³-hybridized carbons (Fsp3) is 0.533. The first-order chi connectivity index (χ1) is 10.5. The van der Waals surface area contributed by atoms with Crippen LogP contribution in [0.3, 0.4) is 0 Å². The molecule has 6 nitrogen and oxygen atoms in total. The molecule has 3 heterocycles. The lowest BCUT2D eigenvalue weighted by Gasteiger charge is -2.17. The van der Waals surface area contributed by atoms with Crippen LogP contribution < -0.4 is 5.32 Å². The van der Waals surface area contributed by atoms with Crippen molar-refractivity contribution in [1.29, 1.82) is 0 Å². The normalized spacial score (nSPS) is 15.6. The standard InChI is InChI=1S/C15H19N3O3S/c1-8(2)13(15-16-9(3)18-21-15)17-14(19)12-6-10-7-20-5-4-11(10)22-12/h6,8,13H,4-5,7H2,1-3H3,(H,17,19)/t13-/m1/s1. The van der Waals surface area contributed by atoms with Crippen molar-refractivity contribution in [2.24, 2.45) is 5.92 Å². The summed E-state index contributed by atoms with van der Waals surface area (Å²) in [5.74, 6) is 1.07. The summed E-state index contributed by atoms with van der Waals surface area (Å²) in [7, 11) is 0. The first-order valence-electron chi connectivity index (χ1n) is 7.35. The van der Waals surface area contributed by atoms with E-state index in [1.54, 1.807) is 6.92 Å². The summed E-state index contributed by atoms with van der Waals surface area (Å²) in [5, 5.41) is 6.81. The van der Waals surface area contributed by atoms with E-state index in [4.69, 9.17) is 9.26 Å². The molecule has 0 aliphatic carbocycles. The zero-order valence-corrected chi connectivity index (χ0v) is 13.7. The van der Waals surface area contributed by atoms with Crippen LogP contribution in [0.5, 0.6) is 0 Å². The molecule has 0 bridgehead atoms. The Labute approximate surface area is 132 Å². The summed E-state index contributed by atoms with van der Waals surface area (Å²) in [6, 6.07) is 1.63. The minimum atomic E-state index is -0.288. The van der Waals surface area contributed by atoms with Crippen molar-refractivity contribution in [1.82, 2.24) is 15.5 Å². The van der Waals surface area contributed by atoms with Crippen LogP contribution in [-0.2, 0) is 17.8 Å². The fourth-order valence-corrected chi connectivity index (χ4v) is 3.48. The van der Waals surface area contributed by atoms with Crippen molar-refractivity contribution in [3.63, 3.8) is 0 Å². The van der Waals surface area contributed by atoms with Gasteiger partial charge in [0.05, 0.1) is 18.1 Å². The lowest BCUT2D eigenvalue weighted by molar-refractivity contribution is 0.0917. The highest BCUT2D eigenvalue weighted by Crippen LogP contribution is 2.28. The Hall–Kier alpha value is -1.73. The molecular formula is C15H19N3O3S. The van der Waals surface area contributed by atoms with Crippen LogP contribution >= 0.6 is 11.3 Å². The Morgan fingerprint density at radius 1 is 1.45 bits per heavy atom. The van der Waals surface area contributed by atoms with Crippen LogP contribution in [0, 0.1) is 12.8 Å². The minimum Gasteiger partial charge on any atom is -0.376 e. The number of rotatable bonds is 4. The van der Waals surface area contributed by atoms with E-state index >= 15 is 0 Å². The molecule has 0 aromatic carbocycles. The SMILES string of the molecule is Cc1noc([C@H](NC(=O)c2cc3c(s2)CCOC3)C(C)C)n1. The van der Waals surface area contributed by atoms with Gasteiger partial charge in [-0.3, -0.25) is 4.79 Å². The quantitative estimate of drug-likeness (QED) is 0.936. The number of carbonyl (C=O) groups excluding carboxylic acids is 1. The maximum absolute atomic E-state index is 12.5. The number of aryl methyl sites for hydroxylation is 1. The van der Waals surface area contributed by atoms with E-state index in [1.165, 1.54) is 16.2 Å². The molecule has 3 rings (SSSR count). The third-order valence-corrected chi connectivity index (χ3v) is 4.85. The minimum absolute atomic E-state index is 0.103. The molecular weight excluding hydrogens is 302 g/mol. The van der Waals surface area contributed by atoms with Gasteiger partial charge in [0.2, 0.25) is 5.89 Å². The molecule has 2 aromatic heterocycles. The lowest BCUT2D eigenvalue weighted by atomic mass is 10.0. The van der Waals surface area contributed by atoms with Crippen LogP contribution in [0.15, 0.2) is 10.6 Å². The molecule has 0 spiro atoms. The molecule has 0 saturated heterocycles. The summed E-state index contributed by atoms with van der Waals surface area (Å²) in [6.45, 7) is 7.11. The predicted octanol–water partition coefficient (Wildman–Crippen LogP) is 2.64. The van der Waals surface area contributed by atoms with Crippen LogP contribution in [-0.4, -0.2) is 22.7 Å². The number of amides is 1. The number of thiophene rings is 1. The fourth-order valence-electron chi connectivity index (χ4n) is 2.42. The molecule has 2 aromatic rings. The Balaban J connectivity index is 1.77. The molecule has 0 unspecified atom stereocenters. The third kappa shape index (κ3) is 3.05. The van der Waals surface area contributed by atoms with Gasteiger partial charge in [0.25, 0.3) is 5.91 Å². The van der Waals surface area contributed by atoms with E-state index in [2.05, 4.69) is 15.5 Å². The summed E-state index contributed by atoms with van der Waals surface area (Å²) >= 11 is 1.54. The number of hydrogen-bond acceptors (Lipinski definition) is 6. The van der Waals surface area contributed by atoms with E-state index in [0.717, 1.165) is 18.6 Å². The Morgan fingerprint density at radius 3 is 2.91 bits per heavy atom. The molecule has 0 fully saturated rings. The summed E-state index contributed by atoms with van der Waals surface area (Å²) in [4.78, 5) is 18.7. The van der Waals surface area contributed by atoms with Crippen molar-refractivity contribution in [3.8, 4) is 0 Å². The molecule has 1 amide bonds. The zero-order chi connectivity index (χ0) is 15.7. The van der Waals surface area contributed by atoms with Crippen LogP contribution in [0.4, 0.5) is 0 Å². The predicted molar refractivity (Wildman–Crippen MR) is 81.8 cm³/mol. The average molecular weight is 321 g/mol. The summed E-state index contributed by atoms with van der Waals surface area (Å²) in [6.07, 6.45) is 0.879. The molecule has 0 radical (unpaired) electrons. The highest BCUT2D eigenvalue weighted by Gasteiger charge is 2.26. The van der Waals surface area contributed by atoms with E-state index < -0.39 is 0 Å². The van der Waals surface area contributed by atoms with E-state index in [1.807, 2.05) is 19.9 Å². The third-order valence-electron chi connectivity index (χ3n) is 3.61. The van der Waals surface area contributed by atoms with Gasteiger partial charge in [0.15, 0.2) is 5.82 Å². The second kappa shape index (κ2) is 6.18. The van der Waals surface area contributed by atoms with Crippen LogP contribution in [0.2, 0.25) is 0 Å². The first-order valence-corrected chi connectivity index (χ1v) is 8.16. The molecule has 118 valence electrons. The molecule has 22 heavy (non-hydrogen) atoms. The number of nitrogens with one attached hydrogen (secondary N) is 1. The van der Waals surface area contributed by atoms with Gasteiger partial charge in [-0.2, -0.15) is 4.98 Å². The zero-order valence-electron chi connectivity index (χ0n) is 12.9. The highest BCUT2D eigenvalue weighted by molar-refractivity contribution is 7.14. The van der Waals surface area contributed by atoms with E-state index in [0.29, 0.717) is 23.2 Å². The highest BCUT2D eigenvalue weighted by atomic mass is 32.1. The topological polar surface area (TPSA) is 77.2 Å². The van der Waals surface area contributed by atoms with E-state index in [-0.39, 0.29) is 17.9 Å². The number of carbonyl (C=O) groups is 1. The summed E-state index contributed by atoms with van der Waals surface area (Å²) < 4.78 is 10.6. The molecule has 0 saturated carbocycles. The van der Waals surface area contributed by atoms with Crippen molar-refractivity contribution < 1.29 is 14.1 Å². The molecule has 1 aliphatic rings. The number of ether oxygens (including phenoxy) is 1. The van der Waals surface area contributed by atoms with Crippen molar-refractivity contribution >= 4 is 17.2 Å². The van der Waals surface area contributed by atoms with Gasteiger partial charge in [-0.05, 0) is 24.5 Å². The van der Waals surface area contributed by atoms with Gasteiger partial charge in [-0.25, -0.2) is 0 Å². The average Bonchev–Trinajstić information content (AvgIpc) is 3.10. The maximum Gasteiger partial charge on any atom is 0.262 e. The second-order valence-corrected chi connectivity index (χ2v) is 6.87. The van der Waals surface area contributed by atoms with Crippen LogP contribution in [0.25, 0.3) is 0 Å². The maximum atomic E-state index is 12.5. The van der Waals surface area contributed by atoms with Gasteiger partial charge in [-0.15, -0.1) is 11.3 Å². The Morgan fingerprint density at radius 2 is 2.27 bits per heavy atom. The smallest absolute Gasteiger partial charge is 0.262 e. The number of aromatic nitrogens is 2. The summed E-state index contributed by atoms with van der Waals surface area (Å²) in [5.41, 5.74) is 1.12. The number of hydrogen-bond donors (Lipinski definition) is 1. The lowest BCUT2D eigenvalue weighted by Crippen LogP contribution is -2.31. The molecule has 1 atom stereocenters. The molecule has 1 N–H and O–H groups in total. The van der Waals surface area contributed by atoms with Crippen molar-refractivity contribution in [2.75, 3.05) is 6.61 Å². The molecule has 7 heteroatoms. The van der Waals surface area contributed by atoms with Crippen molar-refractivity contribution in [2.45, 2.75) is 39.8 Å².